The normalized spacial score (nSPS) is 32.0. The fourth-order valence-corrected chi connectivity index (χ4v) is 10.5. The van der Waals surface area contributed by atoms with Crippen LogP contribution in [0.1, 0.15) is 102 Å². The molecule has 0 bridgehead atoms. The summed E-state index contributed by atoms with van der Waals surface area (Å²) in [4.78, 5) is 4.93. The van der Waals surface area contributed by atoms with Gasteiger partial charge in [0.25, 0.3) is 0 Å². The zero-order chi connectivity index (χ0) is 35.3. The molecule has 8 atom stereocenters. The van der Waals surface area contributed by atoms with Crippen molar-refractivity contribution in [3.8, 4) is 17.6 Å². The molecule has 0 heterocycles. The van der Waals surface area contributed by atoms with Crippen molar-refractivity contribution in [2.24, 2.45) is 57.8 Å². The molecule has 0 radical (unpaired) electrons. The molecule has 3 saturated carbocycles. The van der Waals surface area contributed by atoms with Crippen LogP contribution in [0.3, 0.4) is 0 Å². The summed E-state index contributed by atoms with van der Waals surface area (Å²) in [5.41, 5.74) is 2.73. The fourth-order valence-electron chi connectivity index (χ4n) is 10.5. The number of phenolic OH excluding ortho intramolecular Hbond substituents is 1. The second-order valence-electron chi connectivity index (χ2n) is 16.7. The minimum atomic E-state index is -0.826. The third-order valence-corrected chi connectivity index (χ3v) is 12.9. The zero-order valence-electron chi connectivity index (χ0n) is 30.4. The number of benzene rings is 1. The average molecular weight is 788 g/mol. The van der Waals surface area contributed by atoms with Crippen molar-refractivity contribution in [2.45, 2.75) is 96.9 Å². The number of hydrogen-bond acceptors (Lipinski definition) is 2. The number of hydrogen-bond donors (Lipinski definition) is 1. The number of rotatable bonds is 6. The Balaban J connectivity index is 0.00000139. The summed E-state index contributed by atoms with van der Waals surface area (Å²) < 4.78 is 0. The van der Waals surface area contributed by atoms with Crippen LogP contribution >= 0.6 is 17.0 Å². The second kappa shape index (κ2) is 16.9. The van der Waals surface area contributed by atoms with Crippen molar-refractivity contribution in [2.75, 3.05) is 0 Å². The number of fused-ring (bicyclic) bond motifs is 4. The Hall–Kier alpha value is -1.85. The van der Waals surface area contributed by atoms with Crippen molar-refractivity contribution >= 4 is 23.2 Å². The van der Waals surface area contributed by atoms with E-state index in [0.717, 1.165) is 42.4 Å². The van der Waals surface area contributed by atoms with Gasteiger partial charge in [-0.1, -0.05) is 132 Å². The van der Waals surface area contributed by atoms with Crippen molar-refractivity contribution < 1.29 is 26.0 Å². The van der Waals surface area contributed by atoms with Gasteiger partial charge in [-0.15, -0.1) is 0 Å². The van der Waals surface area contributed by atoms with Gasteiger partial charge in [-0.3, -0.25) is 4.99 Å². The Morgan fingerprint density at radius 3 is 1.98 bits per heavy atom. The van der Waals surface area contributed by atoms with Crippen LogP contribution in [0.5, 0.6) is 5.75 Å². The van der Waals surface area contributed by atoms with E-state index in [2.05, 4.69) is 125 Å². The average Bonchev–Trinajstić information content (AvgIpc) is 3.71. The number of phenols is 1. The number of aliphatic imine (C=N–C) groups is 1. The Bertz CT molecular complexity index is 1590. The van der Waals surface area contributed by atoms with E-state index >= 15 is 0 Å². The van der Waals surface area contributed by atoms with E-state index in [1.54, 1.807) is 0 Å². The van der Waals surface area contributed by atoms with Gasteiger partial charge in [0.05, 0.1) is 0 Å². The molecule has 0 spiro atoms. The molecule has 7 rings (SSSR count). The molecular weight excluding hydrogens is 733 g/mol. The van der Waals surface area contributed by atoms with Gasteiger partial charge in [0.15, 0.2) is 0 Å². The third-order valence-electron chi connectivity index (χ3n) is 12.9. The number of allylic oxidation sites excluding steroid dienone is 12. The third kappa shape index (κ3) is 8.20. The first-order chi connectivity index (χ1) is 24.2. The van der Waals surface area contributed by atoms with Gasteiger partial charge in [0.2, 0.25) is 0 Å². The molecule has 0 aromatic heterocycles. The van der Waals surface area contributed by atoms with Gasteiger partial charge in [-0.2, -0.15) is 0 Å². The van der Waals surface area contributed by atoms with Gasteiger partial charge in [0.1, 0.15) is 5.75 Å². The van der Waals surface area contributed by atoms with E-state index in [1.807, 2.05) is 6.21 Å². The van der Waals surface area contributed by atoms with Gasteiger partial charge < -0.3 is 5.11 Å². The standard InChI is InChI=1S/C45H55NO.2ClH.Zr/c1-44(2,3)41-29-31(28-33(43(41)47)30-46-34-18-6-5-7-19-34)16-14-15-27-45(4,40-26-25-32-17-8-9-20-35(32)40)42-38-23-12-10-21-36(38)37-22-11-13-24-39(37)42;;;/h8-13,17,20-24,28-30,32,34-40,42,47H,5-7,15,18-19,25-27H2,1-4H3;2*1H;/q;;;+2/p-2. The summed E-state index contributed by atoms with van der Waals surface area (Å²) in [5.74, 6) is 12.5. The molecule has 6 aliphatic rings. The molecule has 6 aliphatic carbocycles. The summed E-state index contributed by atoms with van der Waals surface area (Å²) >= 11 is -0.826. The second-order valence-corrected chi connectivity index (χ2v) is 20.5. The summed E-state index contributed by atoms with van der Waals surface area (Å²) in [6.07, 6.45) is 41.5. The summed E-state index contributed by atoms with van der Waals surface area (Å²) in [6, 6.07) is 4.55. The van der Waals surface area contributed by atoms with Gasteiger partial charge in [-0.05, 0) is 102 Å². The molecule has 5 heteroatoms. The molecule has 0 amide bonds. The molecule has 1 aromatic carbocycles. The molecule has 50 heavy (non-hydrogen) atoms. The Labute approximate surface area is 321 Å². The van der Waals surface area contributed by atoms with Crippen LogP contribution in [0, 0.1) is 64.6 Å². The van der Waals surface area contributed by atoms with Crippen LogP contribution in [0.15, 0.2) is 90.0 Å². The molecule has 2 nitrogen and oxygen atoms in total. The minimum absolute atomic E-state index is 0.167. The molecule has 0 aliphatic heterocycles. The topological polar surface area (TPSA) is 32.6 Å². The van der Waals surface area contributed by atoms with E-state index in [4.69, 9.17) is 22.0 Å². The molecule has 264 valence electrons. The van der Waals surface area contributed by atoms with Crippen LogP contribution in [0.4, 0.5) is 0 Å². The quantitative estimate of drug-likeness (QED) is 0.226. The number of halogens is 2. The Morgan fingerprint density at radius 1 is 0.780 bits per heavy atom. The zero-order valence-corrected chi connectivity index (χ0v) is 34.3. The van der Waals surface area contributed by atoms with E-state index < -0.39 is 20.8 Å². The number of nitrogens with zero attached hydrogens (tertiary/aromatic N) is 1. The Morgan fingerprint density at radius 2 is 1.36 bits per heavy atom. The molecule has 3 fully saturated rings. The predicted molar refractivity (Wildman–Crippen MR) is 209 cm³/mol. The van der Waals surface area contributed by atoms with Crippen molar-refractivity contribution in [3.05, 3.63) is 102 Å². The molecular formula is C45H55Cl2NOZr. The van der Waals surface area contributed by atoms with Gasteiger partial charge in [0, 0.05) is 35.4 Å². The van der Waals surface area contributed by atoms with Crippen molar-refractivity contribution in [1.29, 1.82) is 0 Å². The maximum absolute atomic E-state index is 11.3. The van der Waals surface area contributed by atoms with Crippen LogP contribution in [-0.2, 0) is 26.3 Å². The summed E-state index contributed by atoms with van der Waals surface area (Å²) in [7, 11) is 9.87. The van der Waals surface area contributed by atoms with Crippen LogP contribution in [0.2, 0.25) is 0 Å². The maximum atomic E-state index is 11.3. The van der Waals surface area contributed by atoms with Crippen LogP contribution < -0.4 is 0 Å². The molecule has 1 N–H and O–H groups in total. The SMILES string of the molecule is CC(C)(C)c1cc(C#CCCC(C)(C2CCC3C=CC=CC32)C2C3C=CC=CC3C3C=CC=CC32)cc(C=NC2CCCCC2)c1O.[Cl][Zr][Cl]. The van der Waals surface area contributed by atoms with Crippen molar-refractivity contribution in [1.82, 2.24) is 0 Å². The van der Waals surface area contributed by atoms with E-state index in [1.165, 1.54) is 32.1 Å². The van der Waals surface area contributed by atoms with E-state index in [-0.39, 0.29) is 10.8 Å². The summed E-state index contributed by atoms with van der Waals surface area (Å²) in [6.45, 7) is 9.15. The first-order valence-corrected chi connectivity index (χ1v) is 25.4. The van der Waals surface area contributed by atoms with E-state index in [9.17, 15) is 5.11 Å². The Kier molecular flexibility index (Phi) is 12.8. The fraction of sp³-hybridized carbons (Fsp3) is 0.533. The first-order valence-electron chi connectivity index (χ1n) is 19.1. The van der Waals surface area contributed by atoms with Crippen LogP contribution in [0.25, 0.3) is 0 Å². The first kappa shape index (κ1) is 37.9. The van der Waals surface area contributed by atoms with Gasteiger partial charge >= 0.3 is 37.9 Å². The molecule has 1 aromatic rings. The summed E-state index contributed by atoms with van der Waals surface area (Å²) in [5, 5.41) is 11.3. The van der Waals surface area contributed by atoms with Crippen LogP contribution in [-0.4, -0.2) is 17.4 Å². The van der Waals surface area contributed by atoms with Gasteiger partial charge in [-0.25, -0.2) is 0 Å². The van der Waals surface area contributed by atoms with Crippen molar-refractivity contribution in [3.63, 3.8) is 0 Å². The molecule has 0 saturated heterocycles. The predicted octanol–water partition coefficient (Wildman–Crippen LogP) is 12.1. The monoisotopic (exact) mass is 785 g/mol. The van der Waals surface area contributed by atoms with E-state index in [0.29, 0.717) is 59.1 Å². The molecule has 8 unspecified atom stereocenters. The number of aromatic hydroxyl groups is 1.